The van der Waals surface area contributed by atoms with E-state index < -0.39 is 28.7 Å². The van der Waals surface area contributed by atoms with Gasteiger partial charge in [-0.2, -0.15) is 4.31 Å². The fourth-order valence-electron chi connectivity index (χ4n) is 5.22. The van der Waals surface area contributed by atoms with Gasteiger partial charge in [-0.15, -0.1) is 0 Å². The molecule has 1 aliphatic heterocycles. The second-order valence-corrected chi connectivity index (χ2v) is 13.0. The number of aliphatic hydroxyl groups excluding tert-OH is 2. The number of aliphatic hydroxyl groups is 2. The molecule has 1 saturated heterocycles. The van der Waals surface area contributed by atoms with Gasteiger partial charge in [0.15, 0.2) is 0 Å². The van der Waals surface area contributed by atoms with E-state index in [1.807, 2.05) is 18.2 Å². The third kappa shape index (κ3) is 11.2. The minimum absolute atomic E-state index is 0.00261. The summed E-state index contributed by atoms with van der Waals surface area (Å²) in [5.41, 5.74) is 1.44. The molecule has 0 saturated carbocycles. The van der Waals surface area contributed by atoms with Crippen LogP contribution in [0.25, 0.3) is 0 Å². The van der Waals surface area contributed by atoms with Gasteiger partial charge in [0.25, 0.3) is 0 Å². The molecule has 1 fully saturated rings. The number of nitrogens with zero attached hydrogens (tertiary/aromatic N) is 1. The number of hydrogen-bond donors (Lipinski definition) is 4. The number of phenols is 1. The second-order valence-electron chi connectivity index (χ2n) is 11.0. The van der Waals surface area contributed by atoms with Gasteiger partial charge in [-0.3, -0.25) is 4.79 Å². The molecule has 0 aromatic heterocycles. The Morgan fingerprint density at radius 2 is 1.72 bits per heavy atom. The monoisotopic (exact) mass is 620 g/mol. The lowest BCUT2D eigenvalue weighted by Gasteiger charge is -2.26. The molecule has 11 heteroatoms. The molecule has 3 rings (SSSR count). The number of piperidine rings is 1. The van der Waals surface area contributed by atoms with E-state index in [2.05, 4.69) is 5.32 Å². The fraction of sp³-hybridized carbons (Fsp3) is 0.594. The van der Waals surface area contributed by atoms with Crippen molar-refractivity contribution in [2.75, 3.05) is 39.4 Å². The minimum atomic E-state index is -3.40. The number of ether oxygens (including phenoxy) is 2. The first kappa shape index (κ1) is 34.9. The lowest BCUT2D eigenvalue weighted by molar-refractivity contribution is -0.132. The van der Waals surface area contributed by atoms with E-state index in [4.69, 9.17) is 9.47 Å². The Kier molecular flexibility index (Phi) is 14.9. The molecule has 1 heterocycles. The minimum Gasteiger partial charge on any atom is -0.507 e. The van der Waals surface area contributed by atoms with E-state index >= 15 is 0 Å². The van der Waals surface area contributed by atoms with Crippen molar-refractivity contribution in [3.63, 3.8) is 0 Å². The van der Waals surface area contributed by atoms with Gasteiger partial charge >= 0.3 is 5.97 Å². The van der Waals surface area contributed by atoms with E-state index in [-0.39, 0.29) is 23.6 Å². The first-order chi connectivity index (χ1) is 20.7. The number of unbranched alkanes of at least 4 members (excludes halogenated alkanes) is 4. The normalized spacial score (nSPS) is 15.0. The van der Waals surface area contributed by atoms with Gasteiger partial charge in [-0.05, 0) is 81.3 Å². The smallest absolute Gasteiger partial charge is 0.308 e. The Labute approximate surface area is 256 Å². The molecule has 0 spiro atoms. The van der Waals surface area contributed by atoms with Crippen molar-refractivity contribution in [3.05, 3.63) is 53.1 Å². The molecular weight excluding hydrogens is 572 g/mol. The van der Waals surface area contributed by atoms with Crippen LogP contribution < -0.4 is 10.1 Å². The summed E-state index contributed by atoms with van der Waals surface area (Å²) in [5.74, 6) is -0.804. The number of sulfonamides is 1. The maximum atomic E-state index is 12.9. The Morgan fingerprint density at radius 1 is 1.00 bits per heavy atom. The van der Waals surface area contributed by atoms with Crippen LogP contribution >= 0.6 is 0 Å². The highest BCUT2D eigenvalue weighted by atomic mass is 32.2. The van der Waals surface area contributed by atoms with Crippen LogP contribution in [0.2, 0.25) is 0 Å². The molecule has 1 aliphatic rings. The van der Waals surface area contributed by atoms with Gasteiger partial charge in [0.1, 0.15) is 11.5 Å². The molecule has 2 aromatic carbocycles. The quantitative estimate of drug-likeness (QED) is 0.103. The highest BCUT2D eigenvalue weighted by Crippen LogP contribution is 2.35. The highest BCUT2D eigenvalue weighted by Gasteiger charge is 2.26. The van der Waals surface area contributed by atoms with E-state index in [1.54, 1.807) is 10.4 Å². The van der Waals surface area contributed by atoms with Gasteiger partial charge in [-0.1, -0.05) is 31.4 Å². The third-order valence-corrected chi connectivity index (χ3v) is 9.51. The molecule has 2 aromatic rings. The SMILES string of the molecule is CC(=O)Oc1c([C@@H](O)CNCCCCCCOCCCCc2cccc(S(=O)(=O)N3CCCCC3)c2)ccc(O)c1CO. The van der Waals surface area contributed by atoms with Crippen molar-refractivity contribution in [2.24, 2.45) is 0 Å². The van der Waals surface area contributed by atoms with Crippen molar-refractivity contribution in [1.29, 1.82) is 0 Å². The Bertz CT molecular complexity index is 1250. The third-order valence-electron chi connectivity index (χ3n) is 7.61. The van der Waals surface area contributed by atoms with Gasteiger partial charge in [-0.25, -0.2) is 8.42 Å². The van der Waals surface area contributed by atoms with Crippen molar-refractivity contribution >= 4 is 16.0 Å². The number of aryl methyl sites for hydroxylation is 1. The van der Waals surface area contributed by atoms with Gasteiger partial charge in [0, 0.05) is 45.3 Å². The van der Waals surface area contributed by atoms with Crippen LogP contribution in [0, 0.1) is 0 Å². The van der Waals surface area contributed by atoms with Crippen molar-refractivity contribution in [3.8, 4) is 11.5 Å². The zero-order chi connectivity index (χ0) is 31.1. The summed E-state index contributed by atoms with van der Waals surface area (Å²) >= 11 is 0. The van der Waals surface area contributed by atoms with Gasteiger partial charge in [0.05, 0.1) is 23.2 Å². The zero-order valence-corrected chi connectivity index (χ0v) is 26.1. The maximum Gasteiger partial charge on any atom is 0.308 e. The van der Waals surface area contributed by atoms with Crippen molar-refractivity contribution in [2.45, 2.75) is 88.7 Å². The number of esters is 1. The van der Waals surface area contributed by atoms with Crippen LogP contribution in [0.3, 0.4) is 0 Å². The average Bonchev–Trinajstić information content (AvgIpc) is 3.00. The summed E-state index contributed by atoms with van der Waals surface area (Å²) in [7, 11) is -3.40. The van der Waals surface area contributed by atoms with Crippen LogP contribution in [-0.4, -0.2) is 73.4 Å². The Morgan fingerprint density at radius 3 is 2.44 bits per heavy atom. The zero-order valence-electron chi connectivity index (χ0n) is 25.3. The Hall–Kier alpha value is -2.54. The van der Waals surface area contributed by atoms with Gasteiger partial charge in [0.2, 0.25) is 10.0 Å². The molecule has 10 nitrogen and oxygen atoms in total. The number of hydrogen-bond acceptors (Lipinski definition) is 9. The number of carbonyl (C=O) groups is 1. The van der Waals surface area contributed by atoms with E-state index in [9.17, 15) is 28.5 Å². The largest absolute Gasteiger partial charge is 0.507 e. The van der Waals surface area contributed by atoms with Gasteiger partial charge < -0.3 is 30.1 Å². The van der Waals surface area contributed by atoms with E-state index in [1.165, 1.54) is 19.1 Å². The highest BCUT2D eigenvalue weighted by molar-refractivity contribution is 7.89. The topological polar surface area (TPSA) is 146 Å². The average molecular weight is 621 g/mol. The number of nitrogens with one attached hydrogen (secondary N) is 1. The van der Waals surface area contributed by atoms with Crippen molar-refractivity contribution < 1.29 is 38.0 Å². The summed E-state index contributed by atoms with van der Waals surface area (Å²) in [6, 6.07) is 10.2. The number of rotatable bonds is 19. The lowest BCUT2D eigenvalue weighted by Crippen LogP contribution is -2.35. The first-order valence-electron chi connectivity index (χ1n) is 15.4. The fourth-order valence-corrected chi connectivity index (χ4v) is 6.81. The van der Waals surface area contributed by atoms with Crippen LogP contribution in [-0.2, 0) is 32.6 Å². The predicted molar refractivity (Wildman–Crippen MR) is 164 cm³/mol. The van der Waals surface area contributed by atoms with Crippen LogP contribution in [0.1, 0.15) is 87.5 Å². The molecule has 43 heavy (non-hydrogen) atoms. The molecule has 0 unspecified atom stereocenters. The summed E-state index contributed by atoms with van der Waals surface area (Å²) in [6.45, 7) is 4.28. The molecule has 0 bridgehead atoms. The van der Waals surface area contributed by atoms with Crippen LogP contribution in [0.15, 0.2) is 41.3 Å². The number of benzene rings is 2. The molecule has 0 aliphatic carbocycles. The summed E-state index contributed by atoms with van der Waals surface area (Å²) in [5, 5.41) is 33.3. The predicted octanol–water partition coefficient (Wildman–Crippen LogP) is 4.21. The lowest BCUT2D eigenvalue weighted by atomic mass is 10.0. The second kappa shape index (κ2) is 18.3. The van der Waals surface area contributed by atoms with E-state index in [0.29, 0.717) is 43.3 Å². The summed E-state index contributed by atoms with van der Waals surface area (Å²) < 4.78 is 38.4. The molecule has 1 atom stereocenters. The molecule has 0 radical (unpaired) electrons. The summed E-state index contributed by atoms with van der Waals surface area (Å²) in [4.78, 5) is 11.9. The molecule has 4 N–H and O–H groups in total. The van der Waals surface area contributed by atoms with Crippen LogP contribution in [0.4, 0.5) is 0 Å². The first-order valence-corrected chi connectivity index (χ1v) is 16.9. The Balaban J connectivity index is 1.23. The molecule has 240 valence electrons. The number of carbonyl (C=O) groups excluding carboxylic acids is 1. The molecular formula is C32H48N2O8S. The molecule has 0 amide bonds. The van der Waals surface area contributed by atoms with E-state index in [0.717, 1.165) is 69.8 Å². The number of aromatic hydroxyl groups is 1. The standard InChI is InChI=1S/C32H48N2O8S/c1-25(36)42-32-28(15-16-30(37)29(32)24-35)31(38)23-33-17-6-2-3-9-20-41-21-10-5-12-26-13-11-14-27(22-26)43(39,40)34-18-7-4-8-19-34/h11,13-16,22,31,33,35,37-38H,2-10,12,17-21,23-24H2,1H3/t31-/m0/s1. The summed E-state index contributed by atoms with van der Waals surface area (Å²) in [6.07, 6.45) is 8.66. The van der Waals surface area contributed by atoms with Crippen LogP contribution in [0.5, 0.6) is 11.5 Å². The maximum absolute atomic E-state index is 12.9. The van der Waals surface area contributed by atoms with Crippen molar-refractivity contribution in [1.82, 2.24) is 9.62 Å².